The number of hydrogen-bond donors (Lipinski definition) is 2. The lowest BCUT2D eigenvalue weighted by Gasteiger charge is -2.10. The molecule has 0 aliphatic heterocycles. The van der Waals surface area contributed by atoms with E-state index in [9.17, 15) is 4.79 Å². The molecule has 0 bridgehead atoms. The summed E-state index contributed by atoms with van der Waals surface area (Å²) in [4.78, 5) is 15.0. The van der Waals surface area contributed by atoms with Crippen LogP contribution in [0.25, 0.3) is 11.0 Å². The number of imidazole rings is 1. The van der Waals surface area contributed by atoms with Crippen LogP contribution in [-0.2, 0) is 0 Å². The van der Waals surface area contributed by atoms with Gasteiger partial charge in [0.15, 0.2) is 0 Å². The van der Waals surface area contributed by atoms with Gasteiger partial charge in [-0.05, 0) is 19.1 Å². The summed E-state index contributed by atoms with van der Waals surface area (Å²) in [5, 5.41) is 18.1. The fourth-order valence-electron chi connectivity index (χ4n) is 1.67. The molecule has 0 fully saturated rings. The smallest absolute Gasteiger partial charge is 0.337 e. The van der Waals surface area contributed by atoms with Gasteiger partial charge in [-0.15, -0.1) is 0 Å². The van der Waals surface area contributed by atoms with E-state index in [0.717, 1.165) is 5.52 Å². The standard InChI is InChI=1S/C11H12N2O3/c1-7(5-14)13-6-12-10-8(11(15)16)3-2-4-9(10)13/h2-4,6-7,14H,5H2,1H3,(H,15,16). The molecule has 1 unspecified atom stereocenters. The van der Waals surface area contributed by atoms with E-state index >= 15 is 0 Å². The van der Waals surface area contributed by atoms with Crippen LogP contribution in [0.4, 0.5) is 0 Å². The Morgan fingerprint density at radius 2 is 2.31 bits per heavy atom. The summed E-state index contributed by atoms with van der Waals surface area (Å²) in [5.74, 6) is -0.993. The Morgan fingerprint density at radius 3 is 2.94 bits per heavy atom. The molecule has 1 atom stereocenters. The van der Waals surface area contributed by atoms with Gasteiger partial charge in [-0.1, -0.05) is 6.07 Å². The third-order valence-corrected chi connectivity index (χ3v) is 2.57. The van der Waals surface area contributed by atoms with Crippen molar-refractivity contribution in [1.82, 2.24) is 9.55 Å². The van der Waals surface area contributed by atoms with Gasteiger partial charge in [-0.3, -0.25) is 0 Å². The molecule has 2 rings (SSSR count). The Morgan fingerprint density at radius 1 is 1.56 bits per heavy atom. The van der Waals surface area contributed by atoms with Crippen molar-refractivity contribution in [3.8, 4) is 0 Å². The van der Waals surface area contributed by atoms with Crippen LogP contribution in [0.15, 0.2) is 24.5 Å². The van der Waals surface area contributed by atoms with Crippen LogP contribution >= 0.6 is 0 Å². The second-order valence-electron chi connectivity index (χ2n) is 3.66. The number of aliphatic hydroxyl groups is 1. The number of nitrogens with zero attached hydrogens (tertiary/aromatic N) is 2. The molecule has 1 heterocycles. The van der Waals surface area contributed by atoms with Gasteiger partial charge in [0.1, 0.15) is 5.52 Å². The predicted octanol–water partition coefficient (Wildman–Crippen LogP) is 1.29. The molecule has 1 aromatic heterocycles. The minimum absolute atomic E-state index is 0.0112. The molecule has 0 saturated heterocycles. The summed E-state index contributed by atoms with van der Waals surface area (Å²) in [7, 11) is 0. The molecule has 1 aromatic carbocycles. The summed E-state index contributed by atoms with van der Waals surface area (Å²) in [6, 6.07) is 4.87. The summed E-state index contributed by atoms with van der Waals surface area (Å²) >= 11 is 0. The zero-order valence-corrected chi connectivity index (χ0v) is 8.79. The Kier molecular flexibility index (Phi) is 2.62. The number of aromatic carboxylic acids is 1. The fraction of sp³-hybridized carbons (Fsp3) is 0.273. The molecule has 0 saturated carbocycles. The molecule has 16 heavy (non-hydrogen) atoms. The van der Waals surface area contributed by atoms with E-state index in [1.165, 1.54) is 6.07 Å². The number of aliphatic hydroxyl groups excluding tert-OH is 1. The molecule has 0 aliphatic carbocycles. The molecule has 0 radical (unpaired) electrons. The van der Waals surface area contributed by atoms with E-state index in [1.807, 2.05) is 6.92 Å². The molecule has 84 valence electrons. The Balaban J connectivity index is 2.66. The number of fused-ring (bicyclic) bond motifs is 1. The lowest BCUT2D eigenvalue weighted by Crippen LogP contribution is -2.07. The molecule has 0 amide bonds. The van der Waals surface area contributed by atoms with Crippen molar-refractivity contribution in [1.29, 1.82) is 0 Å². The molecule has 5 nitrogen and oxygen atoms in total. The van der Waals surface area contributed by atoms with Crippen LogP contribution in [0.1, 0.15) is 23.3 Å². The van der Waals surface area contributed by atoms with Crippen molar-refractivity contribution in [2.75, 3.05) is 6.61 Å². The largest absolute Gasteiger partial charge is 0.478 e. The van der Waals surface area contributed by atoms with Crippen LogP contribution in [0.3, 0.4) is 0 Å². The summed E-state index contributed by atoms with van der Waals surface area (Å²) in [5.41, 5.74) is 1.36. The Hall–Kier alpha value is -1.88. The number of carboxylic acid groups (broad SMARTS) is 1. The van der Waals surface area contributed by atoms with E-state index in [1.54, 1.807) is 23.0 Å². The molecule has 2 N–H and O–H groups in total. The average Bonchev–Trinajstić information content (AvgIpc) is 2.71. The Bertz CT molecular complexity index is 533. The summed E-state index contributed by atoms with van der Waals surface area (Å²) in [6.07, 6.45) is 1.55. The highest BCUT2D eigenvalue weighted by molar-refractivity contribution is 6.00. The van der Waals surface area contributed by atoms with Crippen LogP contribution in [0, 0.1) is 0 Å². The van der Waals surface area contributed by atoms with E-state index in [2.05, 4.69) is 4.98 Å². The first-order chi connectivity index (χ1) is 7.65. The van der Waals surface area contributed by atoms with Gasteiger partial charge >= 0.3 is 5.97 Å². The first kappa shape index (κ1) is 10.6. The zero-order chi connectivity index (χ0) is 11.7. The maximum Gasteiger partial charge on any atom is 0.337 e. The maximum atomic E-state index is 11.0. The van der Waals surface area contributed by atoms with E-state index in [-0.39, 0.29) is 18.2 Å². The van der Waals surface area contributed by atoms with Crippen molar-refractivity contribution in [3.63, 3.8) is 0 Å². The highest BCUT2D eigenvalue weighted by Crippen LogP contribution is 2.20. The highest BCUT2D eigenvalue weighted by Gasteiger charge is 2.14. The minimum Gasteiger partial charge on any atom is -0.478 e. The second kappa shape index (κ2) is 3.94. The summed E-state index contributed by atoms with van der Waals surface area (Å²) < 4.78 is 1.77. The number of benzene rings is 1. The minimum atomic E-state index is -0.993. The van der Waals surface area contributed by atoms with Crippen molar-refractivity contribution in [2.45, 2.75) is 13.0 Å². The van der Waals surface area contributed by atoms with Crippen LogP contribution in [0.5, 0.6) is 0 Å². The molecular formula is C11H12N2O3. The zero-order valence-electron chi connectivity index (χ0n) is 8.79. The number of hydrogen-bond acceptors (Lipinski definition) is 3. The number of rotatable bonds is 3. The van der Waals surface area contributed by atoms with E-state index < -0.39 is 5.97 Å². The molecule has 0 spiro atoms. The van der Waals surface area contributed by atoms with Crippen molar-refractivity contribution < 1.29 is 15.0 Å². The van der Waals surface area contributed by atoms with Crippen LogP contribution < -0.4 is 0 Å². The van der Waals surface area contributed by atoms with Crippen LogP contribution in [0.2, 0.25) is 0 Å². The molecular weight excluding hydrogens is 208 g/mol. The Labute approximate surface area is 92.0 Å². The first-order valence-electron chi connectivity index (χ1n) is 4.95. The monoisotopic (exact) mass is 220 g/mol. The normalized spacial score (nSPS) is 12.9. The summed E-state index contributed by atoms with van der Waals surface area (Å²) in [6.45, 7) is 1.83. The van der Waals surface area contributed by atoms with Gasteiger partial charge in [0, 0.05) is 0 Å². The maximum absolute atomic E-state index is 11.0. The molecule has 0 aliphatic rings. The number of carboxylic acids is 1. The van der Waals surface area contributed by atoms with Gasteiger partial charge in [-0.25, -0.2) is 9.78 Å². The van der Waals surface area contributed by atoms with Gasteiger partial charge in [0.2, 0.25) is 0 Å². The van der Waals surface area contributed by atoms with Crippen molar-refractivity contribution in [2.24, 2.45) is 0 Å². The SMILES string of the molecule is CC(CO)n1cnc2c(C(=O)O)cccc21. The van der Waals surface area contributed by atoms with Gasteiger partial charge in [0.25, 0.3) is 0 Å². The van der Waals surface area contributed by atoms with E-state index in [4.69, 9.17) is 10.2 Å². The van der Waals surface area contributed by atoms with Crippen LogP contribution in [-0.4, -0.2) is 32.3 Å². The van der Waals surface area contributed by atoms with Gasteiger partial charge in [0.05, 0.1) is 30.1 Å². The van der Waals surface area contributed by atoms with Crippen molar-refractivity contribution in [3.05, 3.63) is 30.1 Å². The van der Waals surface area contributed by atoms with E-state index in [0.29, 0.717) is 5.52 Å². The predicted molar refractivity (Wildman–Crippen MR) is 58.5 cm³/mol. The van der Waals surface area contributed by atoms with Gasteiger partial charge in [-0.2, -0.15) is 0 Å². The number of aromatic nitrogens is 2. The number of carbonyl (C=O) groups is 1. The lowest BCUT2D eigenvalue weighted by molar-refractivity contribution is 0.0699. The lowest BCUT2D eigenvalue weighted by atomic mass is 10.2. The third-order valence-electron chi connectivity index (χ3n) is 2.57. The first-order valence-corrected chi connectivity index (χ1v) is 4.95. The second-order valence-corrected chi connectivity index (χ2v) is 3.66. The average molecular weight is 220 g/mol. The highest BCUT2D eigenvalue weighted by atomic mass is 16.4. The quantitative estimate of drug-likeness (QED) is 0.817. The van der Waals surface area contributed by atoms with Gasteiger partial charge < -0.3 is 14.8 Å². The van der Waals surface area contributed by atoms with Crippen molar-refractivity contribution >= 4 is 17.0 Å². The number of para-hydroxylation sites is 1. The third kappa shape index (κ3) is 1.55. The molecule has 2 aromatic rings. The topological polar surface area (TPSA) is 75.3 Å². The fourth-order valence-corrected chi connectivity index (χ4v) is 1.67. The molecule has 5 heteroatoms.